The first-order valence-corrected chi connectivity index (χ1v) is 10.0. The fourth-order valence-electron chi connectivity index (χ4n) is 3.61. The molecule has 0 fully saturated rings. The number of phenols is 1. The zero-order chi connectivity index (χ0) is 19.0. The Morgan fingerprint density at radius 2 is 2.07 bits per heavy atom. The molecule has 1 heterocycles. The van der Waals surface area contributed by atoms with Crippen molar-refractivity contribution in [2.24, 2.45) is 11.0 Å². The van der Waals surface area contributed by atoms with E-state index in [4.69, 9.17) is 0 Å². The van der Waals surface area contributed by atoms with Crippen LogP contribution in [0.2, 0.25) is 0 Å². The van der Waals surface area contributed by atoms with Crippen molar-refractivity contribution in [1.29, 1.82) is 0 Å². The Morgan fingerprint density at radius 1 is 1.26 bits per heavy atom. The number of fused-ring (bicyclic) bond motifs is 2. The summed E-state index contributed by atoms with van der Waals surface area (Å²) in [4.78, 5) is 14.5. The van der Waals surface area contributed by atoms with Crippen molar-refractivity contribution >= 4 is 33.7 Å². The third-order valence-electron chi connectivity index (χ3n) is 5.17. The first kappa shape index (κ1) is 17.7. The number of nitrogens with one attached hydrogen (secondary N) is 1. The van der Waals surface area contributed by atoms with Crippen molar-refractivity contribution in [3.63, 3.8) is 0 Å². The molecule has 4 rings (SSSR count). The Morgan fingerprint density at radius 3 is 2.93 bits per heavy atom. The minimum atomic E-state index is -0.193. The molecular weight excluding hydrogens is 356 g/mol. The van der Waals surface area contributed by atoms with Crippen molar-refractivity contribution < 1.29 is 9.90 Å². The number of carbonyl (C=O) groups excluding carboxylic acids is 1. The summed E-state index contributed by atoms with van der Waals surface area (Å²) in [7, 11) is 0. The normalized spacial score (nSPS) is 17.0. The molecule has 0 aliphatic heterocycles. The van der Waals surface area contributed by atoms with E-state index in [1.807, 2.05) is 42.5 Å². The third kappa shape index (κ3) is 3.47. The van der Waals surface area contributed by atoms with Gasteiger partial charge in [0.15, 0.2) is 0 Å². The highest BCUT2D eigenvalue weighted by atomic mass is 32.1. The van der Waals surface area contributed by atoms with Crippen molar-refractivity contribution in [2.45, 2.75) is 33.1 Å². The molecule has 1 aromatic heterocycles. The van der Waals surface area contributed by atoms with Crippen LogP contribution in [0.15, 0.2) is 47.6 Å². The predicted octanol–water partition coefficient (Wildman–Crippen LogP) is 4.89. The zero-order valence-electron chi connectivity index (χ0n) is 15.5. The maximum Gasteiger partial charge on any atom is 0.281 e. The monoisotopic (exact) mass is 378 g/mol. The number of nitrogens with zero attached hydrogens (tertiary/aromatic N) is 1. The highest BCUT2D eigenvalue weighted by Gasteiger charge is 2.20. The minimum absolute atomic E-state index is 0.184. The van der Waals surface area contributed by atoms with Crippen LogP contribution in [0.25, 0.3) is 10.8 Å². The van der Waals surface area contributed by atoms with E-state index in [1.165, 1.54) is 16.9 Å². The van der Waals surface area contributed by atoms with Crippen LogP contribution in [0.4, 0.5) is 0 Å². The number of aryl methyl sites for hydroxylation is 1. The van der Waals surface area contributed by atoms with Crippen molar-refractivity contribution in [2.75, 3.05) is 0 Å². The topological polar surface area (TPSA) is 61.7 Å². The number of hydrogen-bond acceptors (Lipinski definition) is 4. The van der Waals surface area contributed by atoms with Crippen LogP contribution >= 0.6 is 11.3 Å². The third-order valence-corrected chi connectivity index (χ3v) is 6.40. The molecule has 0 bridgehead atoms. The molecule has 27 heavy (non-hydrogen) atoms. The van der Waals surface area contributed by atoms with Crippen LogP contribution in [0.1, 0.15) is 45.9 Å². The Bertz CT molecular complexity index is 1050. The van der Waals surface area contributed by atoms with E-state index in [1.54, 1.807) is 18.3 Å². The van der Waals surface area contributed by atoms with E-state index in [0.29, 0.717) is 22.1 Å². The lowest BCUT2D eigenvalue weighted by atomic mass is 9.90. The zero-order valence-corrected chi connectivity index (χ0v) is 16.3. The first-order chi connectivity index (χ1) is 13.0. The highest BCUT2D eigenvalue weighted by molar-refractivity contribution is 7.14. The van der Waals surface area contributed by atoms with Gasteiger partial charge in [-0.25, -0.2) is 5.43 Å². The Hall–Kier alpha value is -2.66. The van der Waals surface area contributed by atoms with E-state index < -0.39 is 0 Å². The van der Waals surface area contributed by atoms with Crippen molar-refractivity contribution in [1.82, 2.24) is 5.43 Å². The van der Waals surface area contributed by atoms with E-state index in [9.17, 15) is 9.90 Å². The summed E-state index contributed by atoms with van der Waals surface area (Å²) in [6.45, 7) is 4.04. The number of phenolic OH excluding ortho intramolecular Hbond substituents is 1. The summed E-state index contributed by atoms with van der Waals surface area (Å²) in [6, 6.07) is 13.4. The number of aromatic hydroxyl groups is 1. The molecule has 0 saturated heterocycles. The van der Waals surface area contributed by atoms with Crippen LogP contribution in [-0.2, 0) is 12.8 Å². The van der Waals surface area contributed by atoms with Gasteiger partial charge in [-0.2, -0.15) is 5.10 Å². The lowest BCUT2D eigenvalue weighted by Crippen LogP contribution is -2.18. The van der Waals surface area contributed by atoms with Crippen LogP contribution in [0.5, 0.6) is 5.75 Å². The molecule has 2 aromatic carbocycles. The Kier molecular flexibility index (Phi) is 4.70. The average Bonchev–Trinajstić information content (AvgIpc) is 3.09. The van der Waals surface area contributed by atoms with Gasteiger partial charge in [-0.05, 0) is 55.2 Å². The predicted molar refractivity (Wildman–Crippen MR) is 111 cm³/mol. The maximum atomic E-state index is 12.5. The molecule has 3 aromatic rings. The van der Waals surface area contributed by atoms with Gasteiger partial charge in [-0.1, -0.05) is 37.3 Å². The number of rotatable bonds is 3. The quantitative estimate of drug-likeness (QED) is 0.504. The molecule has 2 N–H and O–H groups in total. The summed E-state index contributed by atoms with van der Waals surface area (Å²) in [5.74, 6) is 0.671. The molecule has 4 nitrogen and oxygen atoms in total. The van der Waals surface area contributed by atoms with Gasteiger partial charge in [-0.3, -0.25) is 4.79 Å². The lowest BCUT2D eigenvalue weighted by Gasteiger charge is -2.16. The van der Waals surface area contributed by atoms with Crippen LogP contribution in [0, 0.1) is 5.92 Å². The number of hydrogen-bond donors (Lipinski definition) is 2. The lowest BCUT2D eigenvalue weighted by molar-refractivity contribution is 0.0958. The molecule has 0 radical (unpaired) electrons. The van der Waals surface area contributed by atoms with Gasteiger partial charge >= 0.3 is 0 Å². The van der Waals surface area contributed by atoms with Crippen molar-refractivity contribution in [3.05, 3.63) is 63.3 Å². The molecule has 5 heteroatoms. The summed E-state index contributed by atoms with van der Waals surface area (Å²) < 4.78 is 0. The number of carbonyl (C=O) groups is 1. The van der Waals surface area contributed by atoms with Crippen LogP contribution in [0.3, 0.4) is 0 Å². The second kappa shape index (κ2) is 7.16. The number of amides is 1. The van der Waals surface area contributed by atoms with Gasteiger partial charge < -0.3 is 5.11 Å². The fourth-order valence-corrected chi connectivity index (χ4v) is 4.71. The molecule has 1 aliphatic carbocycles. The summed E-state index contributed by atoms with van der Waals surface area (Å²) in [5, 5.41) is 16.5. The minimum Gasteiger partial charge on any atom is -0.507 e. The smallest absolute Gasteiger partial charge is 0.281 e. The molecule has 0 saturated carbocycles. The van der Waals surface area contributed by atoms with Gasteiger partial charge in [-0.15, -0.1) is 11.3 Å². The van der Waals surface area contributed by atoms with Crippen molar-refractivity contribution in [3.8, 4) is 5.75 Å². The molecule has 1 unspecified atom stereocenters. The molecular formula is C22H22N2O2S. The Labute approximate surface area is 162 Å². The van der Waals surface area contributed by atoms with Gasteiger partial charge in [0.2, 0.25) is 0 Å². The summed E-state index contributed by atoms with van der Waals surface area (Å²) in [5.41, 5.74) is 5.13. The maximum absolute atomic E-state index is 12.5. The SMILES string of the molecule is C/C(=N\NC(=O)c1cc2c(s1)CCC(C)C2)c1ccc2ccccc2c1O. The molecule has 138 valence electrons. The molecule has 0 spiro atoms. The summed E-state index contributed by atoms with van der Waals surface area (Å²) >= 11 is 1.57. The van der Waals surface area contributed by atoms with E-state index in [-0.39, 0.29) is 11.7 Å². The Balaban J connectivity index is 1.54. The standard InChI is InChI=1S/C22H22N2O2S/c1-13-7-10-19-16(11-13)12-20(27-19)22(26)24-23-14(2)17-9-8-15-5-3-4-6-18(15)21(17)25/h3-6,8-9,12-13,25H,7,10-11H2,1-2H3,(H,24,26)/b23-14+. The van der Waals surface area contributed by atoms with Crippen LogP contribution < -0.4 is 5.43 Å². The first-order valence-electron chi connectivity index (χ1n) is 9.20. The number of hydrazone groups is 1. The second-order valence-electron chi connectivity index (χ2n) is 7.23. The number of thiophene rings is 1. The van der Waals surface area contributed by atoms with Gasteiger partial charge in [0.05, 0.1) is 10.6 Å². The second-order valence-corrected chi connectivity index (χ2v) is 8.36. The largest absolute Gasteiger partial charge is 0.507 e. The number of benzene rings is 2. The van der Waals surface area contributed by atoms with E-state index in [0.717, 1.165) is 23.6 Å². The summed E-state index contributed by atoms with van der Waals surface area (Å²) in [6.07, 6.45) is 3.29. The molecule has 1 atom stereocenters. The van der Waals surface area contributed by atoms with E-state index in [2.05, 4.69) is 17.5 Å². The molecule has 1 aliphatic rings. The van der Waals surface area contributed by atoms with E-state index >= 15 is 0 Å². The molecule has 1 amide bonds. The fraction of sp³-hybridized carbons (Fsp3) is 0.273. The van der Waals surface area contributed by atoms with Gasteiger partial charge in [0, 0.05) is 15.8 Å². The van der Waals surface area contributed by atoms with Gasteiger partial charge in [0.1, 0.15) is 5.75 Å². The van der Waals surface area contributed by atoms with Crippen LogP contribution in [-0.4, -0.2) is 16.7 Å². The van der Waals surface area contributed by atoms with Gasteiger partial charge in [0.25, 0.3) is 5.91 Å². The average molecular weight is 378 g/mol. The highest BCUT2D eigenvalue weighted by Crippen LogP contribution is 2.32.